The molecule has 2 amide bonds. The Morgan fingerprint density at radius 2 is 1.85 bits per heavy atom. The van der Waals surface area contributed by atoms with E-state index in [1.165, 1.54) is 35.2 Å². The molecule has 180 valence electrons. The Morgan fingerprint density at radius 3 is 2.64 bits per heavy atom. The summed E-state index contributed by atoms with van der Waals surface area (Å²) in [7, 11) is 2.14. The van der Waals surface area contributed by atoms with Crippen molar-refractivity contribution in [2.24, 2.45) is 0 Å². The van der Waals surface area contributed by atoms with Crippen LogP contribution in [0.15, 0.2) is 29.8 Å². The zero-order valence-corrected chi connectivity index (χ0v) is 19.9. The fourth-order valence-electron chi connectivity index (χ4n) is 5.18. The van der Waals surface area contributed by atoms with Crippen molar-refractivity contribution in [2.45, 2.75) is 51.0 Å². The molecule has 1 aliphatic carbocycles. The van der Waals surface area contributed by atoms with Crippen LogP contribution in [0.3, 0.4) is 0 Å². The van der Waals surface area contributed by atoms with Crippen molar-refractivity contribution in [3.63, 3.8) is 0 Å². The molecule has 2 heterocycles. The first-order chi connectivity index (χ1) is 16.1. The van der Waals surface area contributed by atoms with E-state index < -0.39 is 11.8 Å². The molecule has 7 heteroatoms. The lowest BCUT2D eigenvalue weighted by Crippen LogP contribution is -2.47. The number of carbonyl (C=O) groups excluding carboxylic acids is 2. The molecule has 3 aliphatic rings. The van der Waals surface area contributed by atoms with E-state index in [-0.39, 0.29) is 6.04 Å². The Hall–Kier alpha value is -2.38. The Morgan fingerprint density at radius 1 is 1.03 bits per heavy atom. The van der Waals surface area contributed by atoms with Crippen LogP contribution in [0.25, 0.3) is 0 Å². The molecule has 1 fully saturated rings. The summed E-state index contributed by atoms with van der Waals surface area (Å²) in [6.45, 7) is 5.03. The molecule has 0 unspecified atom stereocenters. The van der Waals surface area contributed by atoms with E-state index >= 15 is 0 Å². The molecule has 0 saturated carbocycles. The van der Waals surface area contributed by atoms with E-state index in [0.717, 1.165) is 51.7 Å². The van der Waals surface area contributed by atoms with Crippen molar-refractivity contribution in [1.82, 2.24) is 15.5 Å². The first-order valence-electron chi connectivity index (χ1n) is 12.5. The highest BCUT2D eigenvalue weighted by atomic mass is 16.5. The zero-order valence-electron chi connectivity index (χ0n) is 19.9. The van der Waals surface area contributed by atoms with Gasteiger partial charge in [0.2, 0.25) is 0 Å². The largest absolute Gasteiger partial charge is 0.379 e. The van der Waals surface area contributed by atoms with Gasteiger partial charge >= 0.3 is 11.8 Å². The minimum absolute atomic E-state index is 0.0237. The van der Waals surface area contributed by atoms with Crippen LogP contribution in [-0.2, 0) is 20.7 Å². The van der Waals surface area contributed by atoms with Crippen molar-refractivity contribution < 1.29 is 14.3 Å². The van der Waals surface area contributed by atoms with Crippen LogP contribution in [0.1, 0.15) is 55.7 Å². The highest BCUT2D eigenvalue weighted by Crippen LogP contribution is 2.31. The monoisotopic (exact) mass is 454 g/mol. The number of nitrogens with one attached hydrogen (secondary N) is 2. The van der Waals surface area contributed by atoms with Gasteiger partial charge in [0.05, 0.1) is 19.3 Å². The predicted molar refractivity (Wildman–Crippen MR) is 130 cm³/mol. The standard InChI is InChI=1S/C26H38N4O3/c1-29-13-5-8-21-18-22(9-10-23(21)29)24(30-14-16-33-17-15-30)19-28-26(32)25(31)27-12-11-20-6-3-2-4-7-20/h6,9-10,18,24H,2-5,7-8,11-17,19H2,1H3,(H,27,31)(H,28,32)/t24-/m0/s1. The van der Waals surface area contributed by atoms with Crippen LogP contribution in [0.2, 0.25) is 0 Å². The lowest BCUT2D eigenvalue weighted by molar-refractivity contribution is -0.139. The van der Waals surface area contributed by atoms with Gasteiger partial charge in [-0.25, -0.2) is 0 Å². The molecule has 7 nitrogen and oxygen atoms in total. The normalized spacial score (nSPS) is 19.9. The maximum absolute atomic E-state index is 12.5. The molecule has 1 atom stereocenters. The van der Waals surface area contributed by atoms with Crippen molar-refractivity contribution in [2.75, 3.05) is 57.9 Å². The highest BCUT2D eigenvalue weighted by molar-refractivity contribution is 6.35. The summed E-state index contributed by atoms with van der Waals surface area (Å²) in [5.74, 6) is -1.09. The molecule has 1 aromatic carbocycles. The number of allylic oxidation sites excluding steroid dienone is 1. The Kier molecular flexibility index (Phi) is 8.40. The summed E-state index contributed by atoms with van der Waals surface area (Å²) < 4.78 is 5.54. The van der Waals surface area contributed by atoms with Crippen molar-refractivity contribution in [1.29, 1.82) is 0 Å². The number of hydrogen-bond acceptors (Lipinski definition) is 5. The Balaban J connectivity index is 1.36. The van der Waals surface area contributed by atoms with E-state index in [9.17, 15) is 9.59 Å². The van der Waals surface area contributed by atoms with Gasteiger partial charge in [-0.2, -0.15) is 0 Å². The van der Waals surface area contributed by atoms with Crippen LogP contribution in [0, 0.1) is 0 Å². The molecule has 1 saturated heterocycles. The number of carbonyl (C=O) groups is 2. The van der Waals surface area contributed by atoms with Gasteiger partial charge < -0.3 is 20.3 Å². The van der Waals surface area contributed by atoms with E-state index in [1.54, 1.807) is 0 Å². The van der Waals surface area contributed by atoms with E-state index in [4.69, 9.17) is 4.74 Å². The second-order valence-corrected chi connectivity index (χ2v) is 9.40. The number of fused-ring (bicyclic) bond motifs is 1. The van der Waals surface area contributed by atoms with Crippen molar-refractivity contribution in [3.05, 3.63) is 41.0 Å². The van der Waals surface area contributed by atoms with Crippen LogP contribution in [0.4, 0.5) is 5.69 Å². The third-order valence-corrected chi connectivity index (χ3v) is 7.10. The Bertz CT molecular complexity index is 863. The van der Waals surface area contributed by atoms with Crippen LogP contribution >= 0.6 is 0 Å². The molecule has 33 heavy (non-hydrogen) atoms. The van der Waals surface area contributed by atoms with Gasteiger partial charge in [-0.1, -0.05) is 23.8 Å². The fraction of sp³-hybridized carbons (Fsp3) is 0.615. The van der Waals surface area contributed by atoms with Crippen LogP contribution in [0.5, 0.6) is 0 Å². The maximum Gasteiger partial charge on any atom is 0.309 e. The highest BCUT2D eigenvalue weighted by Gasteiger charge is 2.26. The lowest BCUT2D eigenvalue weighted by atomic mass is 9.95. The number of ether oxygens (including phenoxy) is 1. The van der Waals surface area contributed by atoms with Gasteiger partial charge in [0, 0.05) is 45.5 Å². The number of hydrogen-bond donors (Lipinski definition) is 2. The number of benzene rings is 1. The zero-order chi connectivity index (χ0) is 23.0. The number of anilines is 1. The molecule has 0 spiro atoms. The molecule has 2 aliphatic heterocycles. The van der Waals surface area contributed by atoms with Crippen molar-refractivity contribution in [3.8, 4) is 0 Å². The first-order valence-corrected chi connectivity index (χ1v) is 12.5. The SMILES string of the molecule is CN1CCCc2cc([C@H](CNC(=O)C(=O)NCCC3=CCCCC3)N3CCOCC3)ccc21. The van der Waals surface area contributed by atoms with Gasteiger partial charge in [0.15, 0.2) is 0 Å². The number of nitrogens with zero attached hydrogens (tertiary/aromatic N) is 2. The smallest absolute Gasteiger partial charge is 0.309 e. The Labute approximate surface area is 197 Å². The second kappa shape index (κ2) is 11.7. The molecule has 0 bridgehead atoms. The molecular formula is C26H38N4O3. The van der Waals surface area contributed by atoms with Gasteiger partial charge in [0.25, 0.3) is 0 Å². The van der Waals surface area contributed by atoms with Gasteiger partial charge in [-0.15, -0.1) is 0 Å². The maximum atomic E-state index is 12.5. The number of aryl methyl sites for hydroxylation is 1. The second-order valence-electron chi connectivity index (χ2n) is 9.40. The van der Waals surface area contributed by atoms with Crippen LogP contribution in [-0.4, -0.2) is 69.7 Å². The summed E-state index contributed by atoms with van der Waals surface area (Å²) in [6.07, 6.45) is 10.1. The molecule has 4 rings (SSSR count). The molecular weight excluding hydrogens is 416 g/mol. The summed E-state index contributed by atoms with van der Waals surface area (Å²) in [5.41, 5.74) is 5.24. The quantitative estimate of drug-likeness (QED) is 0.489. The number of rotatable bonds is 7. The fourth-order valence-corrected chi connectivity index (χ4v) is 5.18. The van der Waals surface area contributed by atoms with Crippen LogP contribution < -0.4 is 15.5 Å². The summed E-state index contributed by atoms with van der Waals surface area (Å²) in [5, 5.41) is 5.68. The summed E-state index contributed by atoms with van der Waals surface area (Å²) in [4.78, 5) is 29.5. The average molecular weight is 455 g/mol. The minimum Gasteiger partial charge on any atom is -0.379 e. The van der Waals surface area contributed by atoms with Gasteiger partial charge in [0.1, 0.15) is 0 Å². The third kappa shape index (κ3) is 6.36. The molecule has 2 N–H and O–H groups in total. The van der Waals surface area contributed by atoms with Crippen molar-refractivity contribution >= 4 is 17.5 Å². The molecule has 0 radical (unpaired) electrons. The summed E-state index contributed by atoms with van der Waals surface area (Å²) >= 11 is 0. The average Bonchev–Trinajstić information content (AvgIpc) is 2.85. The van der Waals surface area contributed by atoms with E-state index in [2.05, 4.69) is 51.8 Å². The number of amides is 2. The molecule has 1 aromatic rings. The predicted octanol–water partition coefficient (Wildman–Crippen LogP) is 2.57. The van der Waals surface area contributed by atoms with E-state index in [0.29, 0.717) is 26.3 Å². The summed E-state index contributed by atoms with van der Waals surface area (Å²) in [6, 6.07) is 6.68. The topological polar surface area (TPSA) is 73.9 Å². The number of morpholine rings is 1. The first kappa shape index (κ1) is 23.8. The third-order valence-electron chi connectivity index (χ3n) is 7.10. The van der Waals surface area contributed by atoms with Gasteiger partial charge in [-0.3, -0.25) is 14.5 Å². The molecule has 0 aromatic heterocycles. The minimum atomic E-state index is -0.552. The lowest BCUT2D eigenvalue weighted by Gasteiger charge is -2.36. The van der Waals surface area contributed by atoms with E-state index in [1.807, 2.05) is 0 Å². The van der Waals surface area contributed by atoms with Gasteiger partial charge in [-0.05, 0) is 62.1 Å².